The van der Waals surface area contributed by atoms with Crippen molar-refractivity contribution in [3.05, 3.63) is 45.9 Å². The van der Waals surface area contributed by atoms with Gasteiger partial charge in [-0.1, -0.05) is 12.1 Å². The number of nitrogens with one attached hydrogen (secondary N) is 1. The highest BCUT2D eigenvalue weighted by Crippen LogP contribution is 2.24. The van der Waals surface area contributed by atoms with Crippen molar-refractivity contribution in [1.29, 1.82) is 0 Å². The Morgan fingerprint density at radius 1 is 1.41 bits per heavy atom. The molecule has 5 nitrogen and oxygen atoms in total. The van der Waals surface area contributed by atoms with Gasteiger partial charge in [0.2, 0.25) is 0 Å². The van der Waals surface area contributed by atoms with Crippen molar-refractivity contribution < 1.29 is 9.53 Å². The molecule has 1 aliphatic heterocycles. The number of hydrogen-bond acceptors (Lipinski definition) is 5. The van der Waals surface area contributed by atoms with E-state index in [0.29, 0.717) is 23.8 Å². The number of ether oxygens (including phenoxy) is 1. The van der Waals surface area contributed by atoms with Gasteiger partial charge in [0.25, 0.3) is 5.91 Å². The maximum atomic E-state index is 12.4. The number of benzene rings is 1. The average Bonchev–Trinajstić information content (AvgIpc) is 3.04. The lowest BCUT2D eigenvalue weighted by Gasteiger charge is -2.32. The molecule has 0 saturated carbocycles. The van der Waals surface area contributed by atoms with E-state index in [1.807, 2.05) is 43.6 Å². The molecule has 146 valence electrons. The third-order valence-corrected chi connectivity index (χ3v) is 5.76. The van der Waals surface area contributed by atoms with Crippen molar-refractivity contribution in [2.24, 2.45) is 5.92 Å². The Balaban J connectivity index is 1.57. The topological polar surface area (TPSA) is 54.5 Å². The number of amides is 1. The molecule has 1 aliphatic rings. The third kappa shape index (κ3) is 5.53. The summed E-state index contributed by atoms with van der Waals surface area (Å²) in [6.07, 6.45) is 2.35. The Hall–Kier alpha value is -1.92. The van der Waals surface area contributed by atoms with Crippen LogP contribution >= 0.6 is 11.3 Å². The second kappa shape index (κ2) is 9.33. The number of hydrogen-bond donors (Lipinski definition) is 1. The first-order valence-electron chi connectivity index (χ1n) is 9.67. The predicted octanol–water partition coefficient (Wildman–Crippen LogP) is 3.88. The van der Waals surface area contributed by atoms with Gasteiger partial charge >= 0.3 is 0 Å². The summed E-state index contributed by atoms with van der Waals surface area (Å²) < 4.78 is 6.09. The van der Waals surface area contributed by atoms with E-state index in [1.165, 1.54) is 17.7 Å². The van der Waals surface area contributed by atoms with E-state index in [2.05, 4.69) is 22.1 Å². The highest BCUT2D eigenvalue weighted by atomic mass is 32.1. The van der Waals surface area contributed by atoms with Crippen LogP contribution in [0.5, 0.6) is 5.75 Å². The Labute approximate surface area is 165 Å². The van der Waals surface area contributed by atoms with Gasteiger partial charge in [-0.2, -0.15) is 0 Å². The number of para-hydroxylation sites is 1. The molecule has 0 aliphatic carbocycles. The number of rotatable bonds is 7. The third-order valence-electron chi connectivity index (χ3n) is 4.84. The summed E-state index contributed by atoms with van der Waals surface area (Å²) in [6.45, 7) is 9.77. The first-order valence-corrected chi connectivity index (χ1v) is 10.5. The van der Waals surface area contributed by atoms with Gasteiger partial charge in [-0.25, -0.2) is 4.98 Å². The van der Waals surface area contributed by atoms with E-state index in [0.717, 1.165) is 25.3 Å². The van der Waals surface area contributed by atoms with Crippen LogP contribution < -0.4 is 10.1 Å². The molecule has 6 heteroatoms. The summed E-state index contributed by atoms with van der Waals surface area (Å²) in [5.74, 6) is 1.07. The Bertz CT molecular complexity index is 759. The fourth-order valence-corrected chi connectivity index (χ4v) is 4.26. The van der Waals surface area contributed by atoms with Crippen LogP contribution in [0.1, 0.15) is 47.6 Å². The summed E-state index contributed by atoms with van der Waals surface area (Å²) in [6, 6.07) is 7.61. The number of carbonyl (C=O) groups excluding carboxylic acids is 1. The lowest BCUT2D eigenvalue weighted by Crippen LogP contribution is -2.37. The molecule has 1 saturated heterocycles. The van der Waals surface area contributed by atoms with E-state index in [-0.39, 0.29) is 11.9 Å². The maximum Gasteiger partial charge on any atom is 0.255 e. The van der Waals surface area contributed by atoms with Gasteiger partial charge in [-0.05, 0) is 52.3 Å². The zero-order valence-corrected chi connectivity index (χ0v) is 17.2. The molecule has 1 unspecified atom stereocenters. The molecule has 27 heavy (non-hydrogen) atoms. The lowest BCUT2D eigenvalue weighted by molar-refractivity contribution is 0.0933. The number of thiazole rings is 1. The van der Waals surface area contributed by atoms with E-state index < -0.39 is 0 Å². The van der Waals surface area contributed by atoms with E-state index in [4.69, 9.17) is 4.74 Å². The summed E-state index contributed by atoms with van der Waals surface area (Å²) in [5.41, 5.74) is 3.68. The molecular weight excluding hydrogens is 358 g/mol. The number of nitrogens with zero attached hydrogens (tertiary/aromatic N) is 2. The molecule has 0 bridgehead atoms. The summed E-state index contributed by atoms with van der Waals surface area (Å²) in [5, 5.41) is 2.94. The fraction of sp³-hybridized carbons (Fsp3) is 0.524. The van der Waals surface area contributed by atoms with Gasteiger partial charge in [0.1, 0.15) is 5.75 Å². The van der Waals surface area contributed by atoms with Gasteiger partial charge < -0.3 is 10.1 Å². The minimum Gasteiger partial charge on any atom is -0.492 e. The molecule has 1 N–H and O–H groups in total. The van der Waals surface area contributed by atoms with Crippen molar-refractivity contribution in [2.45, 2.75) is 46.2 Å². The van der Waals surface area contributed by atoms with Gasteiger partial charge in [0.05, 0.1) is 23.4 Å². The summed E-state index contributed by atoms with van der Waals surface area (Å²) in [4.78, 5) is 20.6. The maximum absolute atomic E-state index is 12.4. The molecule has 1 aromatic carbocycles. The number of aryl methyl sites for hydroxylation is 1. The molecule has 1 atom stereocenters. The van der Waals surface area contributed by atoms with Crippen molar-refractivity contribution in [2.75, 3.05) is 19.7 Å². The van der Waals surface area contributed by atoms with E-state index in [1.54, 1.807) is 11.3 Å². The van der Waals surface area contributed by atoms with Crippen molar-refractivity contribution in [1.82, 2.24) is 15.2 Å². The number of piperidine rings is 1. The van der Waals surface area contributed by atoms with Crippen molar-refractivity contribution in [3.63, 3.8) is 0 Å². The zero-order valence-electron chi connectivity index (χ0n) is 16.4. The van der Waals surface area contributed by atoms with Crippen LogP contribution in [0.15, 0.2) is 29.8 Å². The average molecular weight is 388 g/mol. The van der Waals surface area contributed by atoms with Crippen LogP contribution in [0.25, 0.3) is 0 Å². The molecule has 2 heterocycles. The monoisotopic (exact) mass is 387 g/mol. The standard InChI is InChI=1S/C21H29N3O2S/c1-15(2)23-21(25)18-8-4-5-9-19(18)26-13-17-7-6-10-24(11-17)12-20-16(3)22-14-27-20/h4-5,8-9,14-15,17H,6-7,10-13H2,1-3H3,(H,23,25). The molecule has 2 aromatic rings. The molecule has 0 radical (unpaired) electrons. The van der Waals surface area contributed by atoms with Crippen LogP contribution in [0, 0.1) is 12.8 Å². The molecular formula is C21H29N3O2S. The largest absolute Gasteiger partial charge is 0.492 e. The zero-order chi connectivity index (χ0) is 19.2. The highest BCUT2D eigenvalue weighted by molar-refractivity contribution is 7.09. The number of aromatic nitrogens is 1. The van der Waals surface area contributed by atoms with Crippen LogP contribution in [0.2, 0.25) is 0 Å². The van der Waals surface area contributed by atoms with E-state index in [9.17, 15) is 4.79 Å². The number of carbonyl (C=O) groups is 1. The normalized spacial score (nSPS) is 17.9. The summed E-state index contributed by atoms with van der Waals surface area (Å²) in [7, 11) is 0. The summed E-state index contributed by atoms with van der Waals surface area (Å²) >= 11 is 1.74. The first-order chi connectivity index (χ1) is 13.0. The van der Waals surface area contributed by atoms with Gasteiger partial charge in [-0.3, -0.25) is 9.69 Å². The fourth-order valence-electron chi connectivity index (χ4n) is 3.44. The van der Waals surface area contributed by atoms with Crippen molar-refractivity contribution in [3.8, 4) is 5.75 Å². The van der Waals surface area contributed by atoms with Crippen LogP contribution in [-0.2, 0) is 6.54 Å². The van der Waals surface area contributed by atoms with Crippen LogP contribution in [0.3, 0.4) is 0 Å². The van der Waals surface area contributed by atoms with Crippen LogP contribution in [0.4, 0.5) is 0 Å². The van der Waals surface area contributed by atoms with Crippen LogP contribution in [-0.4, -0.2) is 41.5 Å². The SMILES string of the molecule is Cc1ncsc1CN1CCCC(COc2ccccc2C(=O)NC(C)C)C1. The first kappa shape index (κ1) is 19.8. The Morgan fingerprint density at radius 3 is 2.96 bits per heavy atom. The van der Waals surface area contributed by atoms with Gasteiger partial charge in [0.15, 0.2) is 0 Å². The lowest BCUT2D eigenvalue weighted by atomic mass is 9.99. The molecule has 1 amide bonds. The van der Waals surface area contributed by atoms with E-state index >= 15 is 0 Å². The second-order valence-corrected chi connectivity index (χ2v) is 8.48. The quantitative estimate of drug-likeness (QED) is 0.783. The van der Waals surface area contributed by atoms with Gasteiger partial charge in [-0.15, -0.1) is 11.3 Å². The van der Waals surface area contributed by atoms with Gasteiger partial charge in [0, 0.05) is 29.9 Å². The number of likely N-dealkylation sites (tertiary alicyclic amines) is 1. The molecule has 1 fully saturated rings. The highest BCUT2D eigenvalue weighted by Gasteiger charge is 2.22. The molecule has 3 rings (SSSR count). The second-order valence-electron chi connectivity index (χ2n) is 7.54. The van der Waals surface area contributed by atoms with Crippen molar-refractivity contribution >= 4 is 17.2 Å². The molecule has 0 spiro atoms. The predicted molar refractivity (Wildman–Crippen MR) is 109 cm³/mol. The minimum absolute atomic E-state index is 0.0773. The smallest absolute Gasteiger partial charge is 0.255 e. The Kier molecular flexibility index (Phi) is 6.85. The minimum atomic E-state index is -0.0773. The molecule has 1 aromatic heterocycles. The Morgan fingerprint density at radius 2 is 2.22 bits per heavy atom.